The Balaban J connectivity index is 1.69. The molecule has 0 spiro atoms. The Kier molecular flexibility index (Phi) is 8.70. The Hall–Kier alpha value is -3.59. The molecule has 3 N–H and O–H groups in total. The van der Waals surface area contributed by atoms with E-state index in [-0.39, 0.29) is 18.2 Å². The molecule has 3 rings (SSSR count). The fraction of sp³-hybridized carbons (Fsp3) is 0.346. The monoisotopic (exact) mass is 495 g/mol. The number of benzene rings is 1. The third-order valence-corrected chi connectivity index (χ3v) is 6.62. The summed E-state index contributed by atoms with van der Waals surface area (Å²) in [4.78, 5) is 62.6. The normalized spacial score (nSPS) is 19.4. The van der Waals surface area contributed by atoms with Crippen LogP contribution in [0.15, 0.2) is 53.2 Å². The lowest BCUT2D eigenvalue weighted by Crippen LogP contribution is -2.49. The predicted octanol–water partition coefficient (Wildman–Crippen LogP) is 2.63. The number of thiophene rings is 1. The van der Waals surface area contributed by atoms with Crippen molar-refractivity contribution < 1.29 is 24.0 Å². The zero-order valence-electron chi connectivity index (χ0n) is 19.8. The van der Waals surface area contributed by atoms with Gasteiger partial charge in [-0.3, -0.25) is 29.3 Å². The average molecular weight is 496 g/mol. The standard InChI is InChI=1S/C26H29N3O5S/c1-15(2)23(24(32)22-16(3)25(33)29-26(22)34)28-21(31)13-19(18-11-12-35-14-18)27-20(30)10-9-17-7-5-4-6-8-17/h4-12,14-16,19,22-23H,13H2,1-3H3,(H,27,30)(H,28,31)(H,29,33,34)/b10-9+/t16-,19?,22+,23-/m0/s1. The smallest absolute Gasteiger partial charge is 0.244 e. The first kappa shape index (κ1) is 26.0. The van der Waals surface area contributed by atoms with Gasteiger partial charge in [0, 0.05) is 6.08 Å². The summed E-state index contributed by atoms with van der Waals surface area (Å²) >= 11 is 1.44. The molecule has 8 nitrogen and oxygen atoms in total. The minimum atomic E-state index is -1.13. The van der Waals surface area contributed by atoms with Gasteiger partial charge in [-0.05, 0) is 39.9 Å². The van der Waals surface area contributed by atoms with Gasteiger partial charge in [0.05, 0.1) is 24.4 Å². The Morgan fingerprint density at radius 1 is 1.06 bits per heavy atom. The minimum Gasteiger partial charge on any atom is -0.346 e. The number of imide groups is 1. The Morgan fingerprint density at radius 3 is 2.34 bits per heavy atom. The highest BCUT2D eigenvalue weighted by Crippen LogP contribution is 2.24. The number of carbonyl (C=O) groups excluding carboxylic acids is 5. The van der Waals surface area contributed by atoms with Crippen LogP contribution in [-0.4, -0.2) is 35.5 Å². The fourth-order valence-corrected chi connectivity index (χ4v) is 4.64. The van der Waals surface area contributed by atoms with Crippen LogP contribution in [0.25, 0.3) is 6.08 Å². The number of ketones is 1. The average Bonchev–Trinajstić information content (AvgIpc) is 3.44. The lowest BCUT2D eigenvalue weighted by atomic mass is 9.85. The van der Waals surface area contributed by atoms with Crippen LogP contribution in [0.2, 0.25) is 0 Å². The van der Waals surface area contributed by atoms with Crippen molar-refractivity contribution in [3.8, 4) is 0 Å². The van der Waals surface area contributed by atoms with Crippen molar-refractivity contribution in [3.05, 3.63) is 64.4 Å². The first-order valence-electron chi connectivity index (χ1n) is 11.4. The van der Waals surface area contributed by atoms with E-state index in [0.717, 1.165) is 11.1 Å². The maximum Gasteiger partial charge on any atom is 0.244 e. The van der Waals surface area contributed by atoms with Gasteiger partial charge in [-0.1, -0.05) is 51.1 Å². The number of rotatable bonds is 10. The molecule has 184 valence electrons. The maximum absolute atomic E-state index is 13.1. The van der Waals surface area contributed by atoms with E-state index < -0.39 is 47.4 Å². The second-order valence-electron chi connectivity index (χ2n) is 8.88. The third-order valence-electron chi connectivity index (χ3n) is 5.92. The summed E-state index contributed by atoms with van der Waals surface area (Å²) in [5, 5.41) is 11.5. The van der Waals surface area contributed by atoms with E-state index in [1.165, 1.54) is 24.3 Å². The molecule has 1 aromatic heterocycles. The van der Waals surface area contributed by atoms with Gasteiger partial charge in [-0.2, -0.15) is 11.3 Å². The summed E-state index contributed by atoms with van der Waals surface area (Å²) in [6.45, 7) is 5.04. The van der Waals surface area contributed by atoms with E-state index in [2.05, 4.69) is 16.0 Å². The summed E-state index contributed by atoms with van der Waals surface area (Å²) in [7, 11) is 0. The van der Waals surface area contributed by atoms with E-state index >= 15 is 0 Å². The van der Waals surface area contributed by atoms with Crippen LogP contribution in [0.5, 0.6) is 0 Å². The van der Waals surface area contributed by atoms with Gasteiger partial charge in [0.1, 0.15) is 5.92 Å². The second-order valence-corrected chi connectivity index (χ2v) is 9.66. The highest BCUT2D eigenvalue weighted by molar-refractivity contribution is 7.08. The number of hydrogen-bond donors (Lipinski definition) is 3. The molecule has 2 heterocycles. The van der Waals surface area contributed by atoms with Gasteiger partial charge in [0.2, 0.25) is 23.6 Å². The van der Waals surface area contributed by atoms with E-state index in [1.807, 2.05) is 47.2 Å². The summed E-state index contributed by atoms with van der Waals surface area (Å²) in [5.74, 6) is -4.65. The topological polar surface area (TPSA) is 121 Å². The number of Topliss-reactive ketones (excluding diaryl/α,β-unsaturated/α-hetero) is 1. The second kappa shape index (κ2) is 11.7. The van der Waals surface area contributed by atoms with Crippen molar-refractivity contribution in [3.63, 3.8) is 0 Å². The minimum absolute atomic E-state index is 0.0938. The van der Waals surface area contributed by atoms with Crippen LogP contribution in [0.4, 0.5) is 0 Å². The zero-order valence-corrected chi connectivity index (χ0v) is 20.6. The molecule has 1 aliphatic heterocycles. The largest absolute Gasteiger partial charge is 0.346 e. The van der Waals surface area contributed by atoms with Crippen molar-refractivity contribution >= 4 is 46.8 Å². The summed E-state index contributed by atoms with van der Waals surface area (Å²) in [6, 6.07) is 9.64. The molecule has 35 heavy (non-hydrogen) atoms. The predicted molar refractivity (Wildman–Crippen MR) is 133 cm³/mol. The molecular formula is C26H29N3O5S. The lowest BCUT2D eigenvalue weighted by Gasteiger charge is -2.25. The highest BCUT2D eigenvalue weighted by Gasteiger charge is 2.46. The van der Waals surface area contributed by atoms with Crippen LogP contribution >= 0.6 is 11.3 Å². The molecule has 4 atom stereocenters. The Bertz CT molecular complexity index is 1110. The van der Waals surface area contributed by atoms with Crippen LogP contribution < -0.4 is 16.0 Å². The molecule has 1 fully saturated rings. The molecule has 1 aromatic carbocycles. The molecular weight excluding hydrogens is 466 g/mol. The first-order valence-corrected chi connectivity index (χ1v) is 12.3. The van der Waals surface area contributed by atoms with Crippen molar-refractivity contribution in [2.24, 2.45) is 17.8 Å². The van der Waals surface area contributed by atoms with Crippen molar-refractivity contribution in [1.29, 1.82) is 0 Å². The molecule has 9 heteroatoms. The molecule has 1 aliphatic rings. The van der Waals surface area contributed by atoms with Gasteiger partial charge >= 0.3 is 0 Å². The number of carbonyl (C=O) groups is 5. The molecule has 0 aliphatic carbocycles. The van der Waals surface area contributed by atoms with Gasteiger partial charge in [-0.15, -0.1) is 0 Å². The van der Waals surface area contributed by atoms with E-state index in [4.69, 9.17) is 0 Å². The van der Waals surface area contributed by atoms with Gasteiger partial charge < -0.3 is 10.6 Å². The SMILES string of the molecule is CC(C)[C@H](NC(=O)CC(NC(=O)/C=C/c1ccccc1)c1ccsc1)C(=O)[C@@H]1C(=O)NC(=O)[C@H]1C. The lowest BCUT2D eigenvalue weighted by molar-refractivity contribution is -0.137. The van der Waals surface area contributed by atoms with E-state index in [9.17, 15) is 24.0 Å². The highest BCUT2D eigenvalue weighted by atomic mass is 32.1. The van der Waals surface area contributed by atoms with Gasteiger partial charge in [-0.25, -0.2) is 0 Å². The molecule has 0 bridgehead atoms. The van der Waals surface area contributed by atoms with Crippen LogP contribution in [-0.2, 0) is 24.0 Å². The third kappa shape index (κ3) is 6.73. The van der Waals surface area contributed by atoms with Crippen molar-refractivity contribution in [1.82, 2.24) is 16.0 Å². The molecule has 2 aromatic rings. The van der Waals surface area contributed by atoms with Crippen molar-refractivity contribution in [2.45, 2.75) is 39.3 Å². The number of amides is 4. The molecule has 0 saturated carbocycles. The maximum atomic E-state index is 13.1. The summed E-state index contributed by atoms with van der Waals surface area (Å²) in [5.41, 5.74) is 1.64. The molecule has 1 saturated heterocycles. The van der Waals surface area contributed by atoms with E-state index in [0.29, 0.717) is 0 Å². The molecule has 4 amide bonds. The van der Waals surface area contributed by atoms with E-state index in [1.54, 1.807) is 19.9 Å². The Morgan fingerprint density at radius 2 is 1.77 bits per heavy atom. The quantitative estimate of drug-likeness (QED) is 0.266. The van der Waals surface area contributed by atoms with Gasteiger partial charge in [0.25, 0.3) is 0 Å². The molecule has 1 unspecified atom stereocenters. The van der Waals surface area contributed by atoms with Crippen LogP contribution in [0.1, 0.15) is 44.4 Å². The van der Waals surface area contributed by atoms with Crippen molar-refractivity contribution in [2.75, 3.05) is 0 Å². The summed E-state index contributed by atoms with van der Waals surface area (Å²) < 4.78 is 0. The number of nitrogens with one attached hydrogen (secondary N) is 3. The van der Waals surface area contributed by atoms with Crippen LogP contribution in [0, 0.1) is 17.8 Å². The molecule has 0 radical (unpaired) electrons. The van der Waals surface area contributed by atoms with Crippen LogP contribution in [0.3, 0.4) is 0 Å². The number of hydrogen-bond acceptors (Lipinski definition) is 6. The van der Waals surface area contributed by atoms with Gasteiger partial charge in [0.15, 0.2) is 5.78 Å². The zero-order chi connectivity index (χ0) is 25.5. The summed E-state index contributed by atoms with van der Waals surface area (Å²) in [6.07, 6.45) is 3.00. The first-order chi connectivity index (χ1) is 16.7. The Labute approximate surface area is 208 Å². The fourth-order valence-electron chi connectivity index (χ4n) is 3.93.